The molecule has 4 atom stereocenters. The molecule has 1 rings (SSSR count). The Morgan fingerprint density at radius 3 is 2.05 bits per heavy atom. The van der Waals surface area contributed by atoms with E-state index in [2.05, 4.69) is 6.92 Å². The second-order valence-corrected chi connectivity index (χ2v) is 5.55. The molecule has 0 saturated carbocycles. The van der Waals surface area contributed by atoms with Gasteiger partial charge in [-0.1, -0.05) is 46.6 Å². The van der Waals surface area contributed by atoms with Crippen LogP contribution in [0.5, 0.6) is 0 Å². The molecule has 0 aliphatic rings. The van der Waals surface area contributed by atoms with Gasteiger partial charge in [-0.3, -0.25) is 0 Å². The summed E-state index contributed by atoms with van der Waals surface area (Å²) >= 11 is 0. The number of aliphatic hydroxyl groups is 2. The maximum atomic E-state index is 10.3. The van der Waals surface area contributed by atoms with Crippen molar-refractivity contribution in [1.82, 2.24) is 0 Å². The molecule has 3 nitrogen and oxygen atoms in total. The number of anilines is 1. The monoisotopic (exact) mass is 265 g/mol. The first-order valence-corrected chi connectivity index (χ1v) is 7.17. The molecule has 4 unspecified atom stereocenters. The first kappa shape index (κ1) is 16.0. The van der Waals surface area contributed by atoms with E-state index in [9.17, 15) is 10.2 Å². The minimum absolute atomic E-state index is 0.151. The highest BCUT2D eigenvalue weighted by Crippen LogP contribution is 2.32. The van der Waals surface area contributed by atoms with Crippen LogP contribution in [0.2, 0.25) is 0 Å². The van der Waals surface area contributed by atoms with Gasteiger partial charge in [0, 0.05) is 11.3 Å². The first-order chi connectivity index (χ1) is 8.92. The van der Waals surface area contributed by atoms with Crippen LogP contribution in [-0.2, 0) is 0 Å². The van der Waals surface area contributed by atoms with Crippen molar-refractivity contribution >= 4 is 5.69 Å². The van der Waals surface area contributed by atoms with Crippen LogP contribution in [0, 0.1) is 11.8 Å². The Bertz CT molecular complexity index is 406. The number of rotatable bonds is 6. The molecule has 0 spiro atoms. The second-order valence-electron chi connectivity index (χ2n) is 5.55. The van der Waals surface area contributed by atoms with Crippen molar-refractivity contribution in [2.45, 2.75) is 52.7 Å². The summed E-state index contributed by atoms with van der Waals surface area (Å²) in [7, 11) is 0. The van der Waals surface area contributed by atoms with Crippen molar-refractivity contribution in [1.29, 1.82) is 0 Å². The van der Waals surface area contributed by atoms with Crippen LogP contribution >= 0.6 is 0 Å². The standard InChI is InChI=1S/C16H27NO2/c1-5-10(3)15(18)12-7-8-14(17)13(9-12)16(19)11(4)6-2/h7-11,15-16,18-19H,5-6,17H2,1-4H3. The third-order valence-electron chi connectivity index (χ3n) is 4.14. The number of benzene rings is 1. The highest BCUT2D eigenvalue weighted by atomic mass is 16.3. The molecule has 0 aromatic heterocycles. The van der Waals surface area contributed by atoms with E-state index in [1.807, 2.05) is 32.9 Å². The van der Waals surface area contributed by atoms with Gasteiger partial charge in [-0.05, 0) is 29.5 Å². The van der Waals surface area contributed by atoms with Crippen LogP contribution in [0.25, 0.3) is 0 Å². The molecule has 19 heavy (non-hydrogen) atoms. The Kier molecular flexibility index (Phi) is 5.83. The molecule has 0 amide bonds. The van der Waals surface area contributed by atoms with Crippen LogP contribution in [0.1, 0.15) is 63.9 Å². The summed E-state index contributed by atoms with van der Waals surface area (Å²) in [5, 5.41) is 20.6. The van der Waals surface area contributed by atoms with Crippen LogP contribution in [-0.4, -0.2) is 10.2 Å². The first-order valence-electron chi connectivity index (χ1n) is 7.17. The number of nitrogens with two attached hydrogens (primary N) is 1. The summed E-state index contributed by atoms with van der Waals surface area (Å²) in [5.74, 6) is 0.343. The predicted octanol–water partition coefficient (Wildman–Crippen LogP) is 3.43. The van der Waals surface area contributed by atoms with Gasteiger partial charge in [-0.25, -0.2) is 0 Å². The maximum Gasteiger partial charge on any atom is 0.0835 e. The molecule has 1 aromatic carbocycles. The molecule has 4 N–H and O–H groups in total. The molecular formula is C16H27NO2. The van der Waals surface area contributed by atoms with Gasteiger partial charge in [0.2, 0.25) is 0 Å². The van der Waals surface area contributed by atoms with Crippen molar-refractivity contribution in [3.8, 4) is 0 Å². The van der Waals surface area contributed by atoms with E-state index in [0.29, 0.717) is 5.69 Å². The van der Waals surface area contributed by atoms with Crippen LogP contribution in [0.3, 0.4) is 0 Å². The summed E-state index contributed by atoms with van der Waals surface area (Å²) in [4.78, 5) is 0. The van der Waals surface area contributed by atoms with E-state index in [4.69, 9.17) is 5.73 Å². The van der Waals surface area contributed by atoms with Gasteiger partial charge < -0.3 is 15.9 Å². The average Bonchev–Trinajstić information content (AvgIpc) is 2.44. The van der Waals surface area contributed by atoms with Crippen molar-refractivity contribution in [2.75, 3.05) is 5.73 Å². The van der Waals surface area contributed by atoms with Crippen LogP contribution in [0.4, 0.5) is 5.69 Å². The quantitative estimate of drug-likeness (QED) is 0.690. The van der Waals surface area contributed by atoms with Gasteiger partial charge in [-0.15, -0.1) is 0 Å². The summed E-state index contributed by atoms with van der Waals surface area (Å²) < 4.78 is 0. The zero-order chi connectivity index (χ0) is 14.6. The number of nitrogen functional groups attached to an aromatic ring is 1. The summed E-state index contributed by atoms with van der Waals surface area (Å²) in [5.41, 5.74) is 8.11. The average molecular weight is 265 g/mol. The normalized spacial score (nSPS) is 17.8. The maximum absolute atomic E-state index is 10.3. The lowest BCUT2D eigenvalue weighted by Gasteiger charge is -2.23. The molecule has 0 fully saturated rings. The lowest BCUT2D eigenvalue weighted by molar-refractivity contribution is 0.110. The summed E-state index contributed by atoms with van der Waals surface area (Å²) in [6.07, 6.45) is 0.718. The fourth-order valence-corrected chi connectivity index (χ4v) is 2.11. The Hall–Kier alpha value is -1.06. The molecule has 0 heterocycles. The minimum Gasteiger partial charge on any atom is -0.398 e. The Morgan fingerprint density at radius 2 is 1.53 bits per heavy atom. The lowest BCUT2D eigenvalue weighted by Crippen LogP contribution is -2.13. The molecule has 0 aliphatic carbocycles. The van der Waals surface area contributed by atoms with Crippen LogP contribution in [0.15, 0.2) is 18.2 Å². The van der Waals surface area contributed by atoms with Gasteiger partial charge in [-0.2, -0.15) is 0 Å². The molecular weight excluding hydrogens is 238 g/mol. The number of hydrogen-bond acceptors (Lipinski definition) is 3. The Morgan fingerprint density at radius 1 is 1.00 bits per heavy atom. The molecule has 3 heteroatoms. The minimum atomic E-state index is -0.575. The second kappa shape index (κ2) is 6.92. The fraction of sp³-hybridized carbons (Fsp3) is 0.625. The molecule has 0 radical (unpaired) electrons. The third-order valence-corrected chi connectivity index (χ3v) is 4.14. The topological polar surface area (TPSA) is 66.5 Å². The van der Waals surface area contributed by atoms with Gasteiger partial charge >= 0.3 is 0 Å². The number of hydrogen-bond donors (Lipinski definition) is 3. The van der Waals surface area contributed by atoms with Crippen molar-refractivity contribution in [2.24, 2.45) is 11.8 Å². The predicted molar refractivity (Wildman–Crippen MR) is 79.7 cm³/mol. The Labute approximate surface area is 116 Å². The zero-order valence-electron chi connectivity index (χ0n) is 12.4. The van der Waals surface area contributed by atoms with E-state index >= 15 is 0 Å². The van der Waals surface area contributed by atoms with Crippen molar-refractivity contribution in [3.63, 3.8) is 0 Å². The molecule has 108 valence electrons. The SMILES string of the molecule is CCC(C)C(O)c1ccc(N)c(C(O)C(C)CC)c1. The molecule has 0 saturated heterocycles. The zero-order valence-corrected chi connectivity index (χ0v) is 12.4. The van der Waals surface area contributed by atoms with Gasteiger partial charge in [0.15, 0.2) is 0 Å². The van der Waals surface area contributed by atoms with Crippen molar-refractivity contribution in [3.05, 3.63) is 29.3 Å². The van der Waals surface area contributed by atoms with Crippen LogP contribution < -0.4 is 5.73 Å². The largest absolute Gasteiger partial charge is 0.398 e. The van der Waals surface area contributed by atoms with E-state index in [1.165, 1.54) is 0 Å². The van der Waals surface area contributed by atoms with Crippen molar-refractivity contribution < 1.29 is 10.2 Å². The highest BCUT2D eigenvalue weighted by molar-refractivity contribution is 5.50. The molecule has 0 bridgehead atoms. The van der Waals surface area contributed by atoms with E-state index in [0.717, 1.165) is 24.0 Å². The van der Waals surface area contributed by atoms with E-state index in [-0.39, 0.29) is 11.8 Å². The van der Waals surface area contributed by atoms with Gasteiger partial charge in [0.05, 0.1) is 12.2 Å². The highest BCUT2D eigenvalue weighted by Gasteiger charge is 2.21. The van der Waals surface area contributed by atoms with E-state index < -0.39 is 12.2 Å². The Balaban J connectivity index is 3.06. The molecule has 1 aromatic rings. The summed E-state index contributed by atoms with van der Waals surface area (Å²) in [6, 6.07) is 5.48. The summed E-state index contributed by atoms with van der Waals surface area (Å²) in [6.45, 7) is 8.12. The number of aliphatic hydroxyl groups excluding tert-OH is 2. The lowest BCUT2D eigenvalue weighted by atomic mass is 9.89. The third kappa shape index (κ3) is 3.71. The van der Waals surface area contributed by atoms with E-state index in [1.54, 1.807) is 6.07 Å². The fourth-order valence-electron chi connectivity index (χ4n) is 2.11. The van der Waals surface area contributed by atoms with Gasteiger partial charge in [0.1, 0.15) is 0 Å². The smallest absolute Gasteiger partial charge is 0.0835 e. The molecule has 0 aliphatic heterocycles. The van der Waals surface area contributed by atoms with Gasteiger partial charge in [0.25, 0.3) is 0 Å².